The highest BCUT2D eigenvalue weighted by Crippen LogP contribution is 2.22. The fourth-order valence-electron chi connectivity index (χ4n) is 2.64. The van der Waals surface area contributed by atoms with Crippen LogP contribution in [0, 0.1) is 5.92 Å². The van der Waals surface area contributed by atoms with Gasteiger partial charge in [-0.1, -0.05) is 45.4 Å². The smallest absolute Gasteiger partial charge is 0.00792 e. The van der Waals surface area contributed by atoms with E-state index in [1.54, 1.807) is 0 Å². The third-order valence-electron chi connectivity index (χ3n) is 3.83. The van der Waals surface area contributed by atoms with Crippen LogP contribution in [0.25, 0.3) is 0 Å². The summed E-state index contributed by atoms with van der Waals surface area (Å²) < 4.78 is 0. The van der Waals surface area contributed by atoms with Crippen molar-refractivity contribution in [2.45, 2.75) is 70.8 Å². The maximum absolute atomic E-state index is 6.03. The number of nitrogens with two attached hydrogens (primary N) is 1. The summed E-state index contributed by atoms with van der Waals surface area (Å²) >= 11 is 0. The molecule has 0 aliphatic heterocycles. The van der Waals surface area contributed by atoms with Crippen LogP contribution in [0.5, 0.6) is 0 Å². The van der Waals surface area contributed by atoms with Crippen LogP contribution in [0.15, 0.2) is 0 Å². The largest absolute Gasteiger partial charge is 0.327 e. The lowest BCUT2D eigenvalue weighted by atomic mass is 10.0. The quantitative estimate of drug-likeness (QED) is 0.593. The molecule has 1 fully saturated rings. The lowest BCUT2D eigenvalue weighted by Crippen LogP contribution is -2.33. The molecule has 2 atom stereocenters. The standard InChI is InChI=1S/C14H30N2/c1-2-3-4-5-6-7-11-16-12-13-9-8-10-14(13)15/h13-14,16H,2-12,15H2,1H3. The van der Waals surface area contributed by atoms with Gasteiger partial charge in [-0.25, -0.2) is 0 Å². The molecule has 0 aromatic rings. The molecule has 96 valence electrons. The summed E-state index contributed by atoms with van der Waals surface area (Å²) in [6.07, 6.45) is 12.2. The first-order valence-electron chi connectivity index (χ1n) is 7.31. The van der Waals surface area contributed by atoms with E-state index in [0.29, 0.717) is 6.04 Å². The topological polar surface area (TPSA) is 38.0 Å². The normalized spacial score (nSPS) is 25.1. The molecule has 1 aliphatic rings. The molecule has 0 spiro atoms. The lowest BCUT2D eigenvalue weighted by molar-refractivity contribution is 0.436. The fourth-order valence-corrected chi connectivity index (χ4v) is 2.64. The monoisotopic (exact) mass is 226 g/mol. The van der Waals surface area contributed by atoms with Gasteiger partial charge < -0.3 is 11.1 Å². The van der Waals surface area contributed by atoms with E-state index in [0.717, 1.165) is 12.5 Å². The molecule has 0 aromatic heterocycles. The van der Waals surface area contributed by atoms with Crippen molar-refractivity contribution in [2.75, 3.05) is 13.1 Å². The zero-order chi connectivity index (χ0) is 11.6. The van der Waals surface area contributed by atoms with E-state index in [9.17, 15) is 0 Å². The molecule has 0 bridgehead atoms. The molecule has 1 saturated carbocycles. The third-order valence-corrected chi connectivity index (χ3v) is 3.83. The molecule has 1 aliphatic carbocycles. The van der Waals surface area contributed by atoms with Gasteiger partial charge >= 0.3 is 0 Å². The van der Waals surface area contributed by atoms with Gasteiger partial charge in [-0.2, -0.15) is 0 Å². The van der Waals surface area contributed by atoms with E-state index < -0.39 is 0 Å². The maximum atomic E-state index is 6.03. The van der Waals surface area contributed by atoms with Crippen LogP contribution >= 0.6 is 0 Å². The van der Waals surface area contributed by atoms with E-state index >= 15 is 0 Å². The lowest BCUT2D eigenvalue weighted by Gasteiger charge is -2.15. The molecule has 2 heteroatoms. The van der Waals surface area contributed by atoms with Gasteiger partial charge in [-0.3, -0.25) is 0 Å². The molecular formula is C14H30N2. The van der Waals surface area contributed by atoms with Gasteiger partial charge in [0.1, 0.15) is 0 Å². The van der Waals surface area contributed by atoms with Crippen molar-refractivity contribution >= 4 is 0 Å². The zero-order valence-corrected chi connectivity index (χ0v) is 11.0. The summed E-state index contributed by atoms with van der Waals surface area (Å²) in [5.74, 6) is 0.750. The molecule has 0 aromatic carbocycles. The van der Waals surface area contributed by atoms with Gasteiger partial charge in [0, 0.05) is 6.04 Å². The highest BCUT2D eigenvalue weighted by Gasteiger charge is 2.22. The zero-order valence-electron chi connectivity index (χ0n) is 11.0. The van der Waals surface area contributed by atoms with Crippen LogP contribution in [0.2, 0.25) is 0 Å². The highest BCUT2D eigenvalue weighted by atomic mass is 14.9. The highest BCUT2D eigenvalue weighted by molar-refractivity contribution is 4.81. The number of nitrogens with one attached hydrogen (secondary N) is 1. The summed E-state index contributed by atoms with van der Waals surface area (Å²) in [7, 11) is 0. The van der Waals surface area contributed by atoms with Crippen LogP contribution in [0.3, 0.4) is 0 Å². The molecule has 1 rings (SSSR count). The Labute approximate surface area is 101 Å². The average molecular weight is 226 g/mol. The maximum Gasteiger partial charge on any atom is 0.00792 e. The van der Waals surface area contributed by atoms with Crippen LogP contribution < -0.4 is 11.1 Å². The first-order chi connectivity index (χ1) is 7.84. The molecule has 2 nitrogen and oxygen atoms in total. The second kappa shape index (κ2) is 9.00. The Hall–Kier alpha value is -0.0800. The minimum atomic E-state index is 0.469. The average Bonchev–Trinajstić information content (AvgIpc) is 2.68. The van der Waals surface area contributed by atoms with Crippen molar-refractivity contribution < 1.29 is 0 Å². The van der Waals surface area contributed by atoms with Crippen molar-refractivity contribution in [2.24, 2.45) is 11.7 Å². The van der Waals surface area contributed by atoms with Crippen molar-refractivity contribution in [1.29, 1.82) is 0 Å². The molecule has 3 N–H and O–H groups in total. The van der Waals surface area contributed by atoms with Crippen molar-refractivity contribution in [3.63, 3.8) is 0 Å². The second-order valence-electron chi connectivity index (χ2n) is 5.33. The summed E-state index contributed by atoms with van der Waals surface area (Å²) in [5, 5.41) is 3.57. The summed E-state index contributed by atoms with van der Waals surface area (Å²) in [6, 6.07) is 0.469. The van der Waals surface area contributed by atoms with E-state index in [2.05, 4.69) is 12.2 Å². The van der Waals surface area contributed by atoms with Crippen LogP contribution in [-0.4, -0.2) is 19.1 Å². The van der Waals surface area contributed by atoms with E-state index in [4.69, 9.17) is 5.73 Å². The van der Waals surface area contributed by atoms with E-state index in [1.807, 2.05) is 0 Å². The van der Waals surface area contributed by atoms with Gasteiger partial charge in [0.2, 0.25) is 0 Å². The molecule has 2 unspecified atom stereocenters. The van der Waals surface area contributed by atoms with E-state index in [-0.39, 0.29) is 0 Å². The fraction of sp³-hybridized carbons (Fsp3) is 1.00. The molecule has 0 radical (unpaired) electrons. The number of rotatable bonds is 9. The second-order valence-corrected chi connectivity index (χ2v) is 5.33. The predicted octanol–water partition coefficient (Wildman–Crippen LogP) is 3.06. The van der Waals surface area contributed by atoms with Crippen molar-refractivity contribution in [3.8, 4) is 0 Å². The summed E-state index contributed by atoms with van der Waals surface area (Å²) in [4.78, 5) is 0. The number of hydrogen-bond donors (Lipinski definition) is 2. The Morgan fingerprint density at radius 3 is 2.50 bits per heavy atom. The Kier molecular flexibility index (Phi) is 7.87. The van der Waals surface area contributed by atoms with Crippen molar-refractivity contribution in [3.05, 3.63) is 0 Å². The molecule has 0 saturated heterocycles. The molecular weight excluding hydrogens is 196 g/mol. The first kappa shape index (κ1) is 14.0. The molecule has 16 heavy (non-hydrogen) atoms. The first-order valence-corrected chi connectivity index (χ1v) is 7.31. The Bertz CT molecular complexity index is 159. The summed E-state index contributed by atoms with van der Waals surface area (Å²) in [5.41, 5.74) is 6.03. The van der Waals surface area contributed by atoms with Crippen LogP contribution in [0.4, 0.5) is 0 Å². The molecule has 0 heterocycles. The predicted molar refractivity (Wildman–Crippen MR) is 71.6 cm³/mol. The minimum Gasteiger partial charge on any atom is -0.327 e. The minimum absolute atomic E-state index is 0.469. The third kappa shape index (κ3) is 5.86. The summed E-state index contributed by atoms with van der Waals surface area (Å²) in [6.45, 7) is 4.61. The van der Waals surface area contributed by atoms with Gasteiger partial charge in [0.25, 0.3) is 0 Å². The Balaban J connectivity index is 1.81. The Morgan fingerprint density at radius 1 is 1.06 bits per heavy atom. The van der Waals surface area contributed by atoms with Gasteiger partial charge in [0.05, 0.1) is 0 Å². The van der Waals surface area contributed by atoms with E-state index in [1.165, 1.54) is 64.3 Å². The van der Waals surface area contributed by atoms with Crippen LogP contribution in [0.1, 0.15) is 64.7 Å². The van der Waals surface area contributed by atoms with Gasteiger partial charge in [0.15, 0.2) is 0 Å². The Morgan fingerprint density at radius 2 is 1.81 bits per heavy atom. The van der Waals surface area contributed by atoms with Crippen molar-refractivity contribution in [1.82, 2.24) is 5.32 Å². The van der Waals surface area contributed by atoms with Crippen LogP contribution in [-0.2, 0) is 0 Å². The number of hydrogen-bond acceptors (Lipinski definition) is 2. The SMILES string of the molecule is CCCCCCCCNCC1CCCC1N. The number of unbranched alkanes of at least 4 members (excludes halogenated alkanes) is 5. The van der Waals surface area contributed by atoms with Gasteiger partial charge in [-0.05, 0) is 38.3 Å². The van der Waals surface area contributed by atoms with Gasteiger partial charge in [-0.15, -0.1) is 0 Å². The molecule has 0 amide bonds.